The lowest BCUT2D eigenvalue weighted by Gasteiger charge is -2.18. The number of allylic oxidation sites excluding steroid dienone is 12. The molecule has 0 saturated carbocycles. The van der Waals surface area contributed by atoms with E-state index in [0.717, 1.165) is 89.9 Å². The smallest absolute Gasteiger partial charge is 0.306 e. The fourth-order valence-corrected chi connectivity index (χ4v) is 6.87. The molecule has 6 nitrogen and oxygen atoms in total. The number of rotatable bonds is 45. The maximum Gasteiger partial charge on any atom is 0.306 e. The average molecular weight is 851 g/mol. The summed E-state index contributed by atoms with van der Waals surface area (Å²) in [4.78, 5) is 37.9. The maximum absolute atomic E-state index is 12.8. The zero-order chi connectivity index (χ0) is 44.4. The van der Waals surface area contributed by atoms with Gasteiger partial charge >= 0.3 is 17.9 Å². The van der Waals surface area contributed by atoms with Crippen LogP contribution < -0.4 is 0 Å². The molecular formula is C55H94O6. The van der Waals surface area contributed by atoms with Gasteiger partial charge in [0, 0.05) is 19.3 Å². The van der Waals surface area contributed by atoms with E-state index < -0.39 is 6.10 Å². The number of ether oxygens (including phenoxy) is 3. The second kappa shape index (κ2) is 49.5. The normalized spacial score (nSPS) is 12.6. The fourth-order valence-electron chi connectivity index (χ4n) is 6.87. The molecule has 0 aliphatic rings. The molecule has 0 N–H and O–H groups in total. The van der Waals surface area contributed by atoms with Gasteiger partial charge in [0.2, 0.25) is 0 Å². The Bertz CT molecular complexity index is 1160. The van der Waals surface area contributed by atoms with Crippen molar-refractivity contribution in [3.8, 4) is 0 Å². The van der Waals surface area contributed by atoms with E-state index in [4.69, 9.17) is 14.2 Å². The number of carbonyl (C=O) groups is 3. The van der Waals surface area contributed by atoms with Crippen LogP contribution in [0.2, 0.25) is 0 Å². The van der Waals surface area contributed by atoms with Gasteiger partial charge in [0.25, 0.3) is 0 Å². The van der Waals surface area contributed by atoms with Crippen LogP contribution in [0.4, 0.5) is 0 Å². The van der Waals surface area contributed by atoms with E-state index in [1.165, 1.54) is 103 Å². The van der Waals surface area contributed by atoms with Gasteiger partial charge in [-0.1, -0.05) is 216 Å². The molecule has 0 aliphatic carbocycles. The highest BCUT2D eigenvalue weighted by Gasteiger charge is 2.19. The van der Waals surface area contributed by atoms with Gasteiger partial charge < -0.3 is 14.2 Å². The van der Waals surface area contributed by atoms with Crippen LogP contribution in [0.5, 0.6) is 0 Å². The molecule has 0 aliphatic heterocycles. The van der Waals surface area contributed by atoms with Crippen LogP contribution in [0.1, 0.15) is 239 Å². The monoisotopic (exact) mass is 851 g/mol. The Morgan fingerprint density at radius 3 is 1.13 bits per heavy atom. The minimum Gasteiger partial charge on any atom is -0.462 e. The molecule has 0 radical (unpaired) electrons. The zero-order valence-corrected chi connectivity index (χ0v) is 39.9. The van der Waals surface area contributed by atoms with E-state index in [9.17, 15) is 14.4 Å². The third-order valence-electron chi connectivity index (χ3n) is 10.7. The molecule has 350 valence electrons. The summed E-state index contributed by atoms with van der Waals surface area (Å²) in [6, 6.07) is 0. The van der Waals surface area contributed by atoms with E-state index in [2.05, 4.69) is 93.7 Å². The molecule has 0 aromatic heterocycles. The summed E-state index contributed by atoms with van der Waals surface area (Å²) in [7, 11) is 0. The highest BCUT2D eigenvalue weighted by molar-refractivity contribution is 5.71. The first-order valence-corrected chi connectivity index (χ1v) is 25.4. The van der Waals surface area contributed by atoms with Gasteiger partial charge in [0.05, 0.1) is 0 Å². The van der Waals surface area contributed by atoms with Crippen LogP contribution in [0.25, 0.3) is 0 Å². The van der Waals surface area contributed by atoms with E-state index in [1.54, 1.807) is 0 Å². The van der Waals surface area contributed by atoms with Gasteiger partial charge in [-0.15, -0.1) is 0 Å². The molecule has 0 fully saturated rings. The largest absolute Gasteiger partial charge is 0.462 e. The third kappa shape index (κ3) is 47.7. The van der Waals surface area contributed by atoms with Crippen molar-refractivity contribution in [2.45, 2.75) is 245 Å². The number of carbonyl (C=O) groups excluding carboxylic acids is 3. The first kappa shape index (κ1) is 57.9. The fraction of sp³-hybridized carbons (Fsp3) is 0.727. The van der Waals surface area contributed by atoms with Gasteiger partial charge in [0.1, 0.15) is 13.2 Å². The van der Waals surface area contributed by atoms with Crippen molar-refractivity contribution in [2.75, 3.05) is 13.2 Å². The van der Waals surface area contributed by atoms with Crippen molar-refractivity contribution in [1.29, 1.82) is 0 Å². The van der Waals surface area contributed by atoms with E-state index in [-0.39, 0.29) is 37.5 Å². The van der Waals surface area contributed by atoms with Crippen molar-refractivity contribution in [3.05, 3.63) is 72.9 Å². The van der Waals surface area contributed by atoms with Gasteiger partial charge in [-0.25, -0.2) is 0 Å². The third-order valence-corrected chi connectivity index (χ3v) is 10.7. The summed E-state index contributed by atoms with van der Waals surface area (Å²) in [6.07, 6.45) is 61.8. The lowest BCUT2D eigenvalue weighted by atomic mass is 10.0. The van der Waals surface area contributed by atoms with Crippen LogP contribution in [-0.2, 0) is 28.6 Å². The average Bonchev–Trinajstić information content (AvgIpc) is 3.26. The maximum atomic E-state index is 12.8. The molecule has 1 atom stereocenters. The summed E-state index contributed by atoms with van der Waals surface area (Å²) in [5.41, 5.74) is 0. The Kier molecular flexibility index (Phi) is 46.9. The minimum atomic E-state index is -0.798. The summed E-state index contributed by atoms with van der Waals surface area (Å²) >= 11 is 0. The molecule has 0 aromatic rings. The molecule has 61 heavy (non-hydrogen) atoms. The van der Waals surface area contributed by atoms with Gasteiger partial charge in [-0.3, -0.25) is 14.4 Å². The topological polar surface area (TPSA) is 78.9 Å². The Morgan fingerprint density at radius 1 is 0.344 bits per heavy atom. The second-order valence-corrected chi connectivity index (χ2v) is 16.7. The summed E-state index contributed by atoms with van der Waals surface area (Å²) in [5.74, 6) is -0.963. The second-order valence-electron chi connectivity index (χ2n) is 16.7. The Balaban J connectivity index is 4.46. The molecule has 0 amide bonds. The minimum absolute atomic E-state index is 0.0961. The first-order chi connectivity index (χ1) is 30.0. The van der Waals surface area contributed by atoms with Crippen LogP contribution in [-0.4, -0.2) is 37.2 Å². The standard InChI is InChI=1S/C55H94O6/c1-4-7-10-13-16-19-22-24-26-27-29-30-33-36-39-42-45-48-54(57)60-51-52(50-59-53(56)47-44-41-38-35-32-21-18-15-12-9-6-3)61-55(58)49-46-43-40-37-34-31-28-25-23-20-17-14-11-8-5-2/h7,10,15-16,18-19,24,26,29-30,36,39,52H,4-6,8-9,11-14,17,20-23,25,27-28,31-35,37-38,40-51H2,1-3H3/b10-7-,18-15-,19-16-,26-24-,30-29-,39-36-. The Morgan fingerprint density at radius 2 is 0.672 bits per heavy atom. The Hall–Kier alpha value is -3.15. The van der Waals surface area contributed by atoms with Crippen molar-refractivity contribution >= 4 is 17.9 Å². The molecular weight excluding hydrogens is 757 g/mol. The molecule has 6 heteroatoms. The number of hydrogen-bond acceptors (Lipinski definition) is 6. The summed E-state index contributed by atoms with van der Waals surface area (Å²) in [5, 5.41) is 0. The van der Waals surface area contributed by atoms with Crippen LogP contribution in [0.15, 0.2) is 72.9 Å². The van der Waals surface area contributed by atoms with E-state index in [1.807, 2.05) is 0 Å². The number of hydrogen-bond donors (Lipinski definition) is 0. The van der Waals surface area contributed by atoms with Crippen LogP contribution in [0, 0.1) is 0 Å². The first-order valence-electron chi connectivity index (χ1n) is 25.4. The highest BCUT2D eigenvalue weighted by atomic mass is 16.6. The van der Waals surface area contributed by atoms with Crippen molar-refractivity contribution in [1.82, 2.24) is 0 Å². The molecule has 0 aromatic carbocycles. The zero-order valence-electron chi connectivity index (χ0n) is 39.9. The predicted octanol–water partition coefficient (Wildman–Crippen LogP) is 16.6. The van der Waals surface area contributed by atoms with Gasteiger partial charge in [-0.05, 0) is 77.0 Å². The van der Waals surface area contributed by atoms with E-state index >= 15 is 0 Å². The molecule has 0 bridgehead atoms. The quantitative estimate of drug-likeness (QED) is 0.0263. The molecule has 1 unspecified atom stereocenters. The van der Waals surface area contributed by atoms with E-state index in [0.29, 0.717) is 19.3 Å². The molecule has 0 saturated heterocycles. The van der Waals surface area contributed by atoms with Gasteiger partial charge in [0.15, 0.2) is 6.10 Å². The number of esters is 3. The molecule has 0 spiro atoms. The lowest BCUT2D eigenvalue weighted by Crippen LogP contribution is -2.30. The van der Waals surface area contributed by atoms with Crippen LogP contribution >= 0.6 is 0 Å². The van der Waals surface area contributed by atoms with Crippen molar-refractivity contribution < 1.29 is 28.6 Å². The molecule has 0 rings (SSSR count). The van der Waals surface area contributed by atoms with Gasteiger partial charge in [-0.2, -0.15) is 0 Å². The summed E-state index contributed by atoms with van der Waals surface area (Å²) < 4.78 is 16.7. The lowest BCUT2D eigenvalue weighted by molar-refractivity contribution is -0.167. The summed E-state index contributed by atoms with van der Waals surface area (Å²) in [6.45, 7) is 6.43. The van der Waals surface area contributed by atoms with Crippen molar-refractivity contribution in [2.24, 2.45) is 0 Å². The highest BCUT2D eigenvalue weighted by Crippen LogP contribution is 2.15. The molecule has 0 heterocycles. The van der Waals surface area contributed by atoms with Crippen LogP contribution in [0.3, 0.4) is 0 Å². The number of unbranched alkanes of at least 4 members (excludes halogenated alkanes) is 22. The Labute approximate surface area is 376 Å². The SMILES string of the molecule is CC/C=C\C/C=C\C/C=C\C/C=C\C/C=C\CCCC(=O)OCC(COC(=O)CCCCCCC/C=C\CCCC)OC(=O)CCCCCCCCCCCCCCCCC. The van der Waals surface area contributed by atoms with Crippen molar-refractivity contribution in [3.63, 3.8) is 0 Å². The predicted molar refractivity (Wildman–Crippen MR) is 261 cm³/mol.